The van der Waals surface area contributed by atoms with Gasteiger partial charge in [0.1, 0.15) is 4.99 Å². The zero-order valence-corrected chi connectivity index (χ0v) is 13.1. The van der Waals surface area contributed by atoms with Gasteiger partial charge >= 0.3 is 0 Å². The van der Waals surface area contributed by atoms with Gasteiger partial charge in [0, 0.05) is 14.9 Å². The standard InChI is InChI=1S/C13H11BrN2OS2/c14-10-6-8(13(15)18)3-4-11(10)16-12(17)7-9-2-1-5-19-9/h1-6H,7H2,(H2,15,18)(H,16,17). The molecule has 1 amide bonds. The number of halogens is 1. The maximum atomic E-state index is 11.9. The largest absolute Gasteiger partial charge is 0.389 e. The predicted octanol–water partition coefficient (Wildman–Crippen LogP) is 3.33. The van der Waals surface area contributed by atoms with E-state index in [1.165, 1.54) is 0 Å². The third kappa shape index (κ3) is 3.86. The van der Waals surface area contributed by atoms with Crippen LogP contribution in [-0.2, 0) is 11.2 Å². The van der Waals surface area contributed by atoms with E-state index < -0.39 is 0 Å². The molecule has 0 spiro atoms. The molecule has 0 aliphatic carbocycles. The molecular weight excluding hydrogens is 344 g/mol. The molecule has 98 valence electrons. The number of thiophene rings is 1. The summed E-state index contributed by atoms with van der Waals surface area (Å²) in [5.41, 5.74) is 7.02. The van der Waals surface area contributed by atoms with Crippen LogP contribution in [0.4, 0.5) is 5.69 Å². The SMILES string of the molecule is NC(=S)c1ccc(NC(=O)Cc2cccs2)c(Br)c1. The molecule has 0 saturated carbocycles. The van der Waals surface area contributed by atoms with Crippen LogP contribution in [0.25, 0.3) is 0 Å². The molecule has 19 heavy (non-hydrogen) atoms. The van der Waals surface area contributed by atoms with E-state index in [1.54, 1.807) is 29.5 Å². The van der Waals surface area contributed by atoms with Crippen molar-refractivity contribution in [2.45, 2.75) is 6.42 Å². The Kier molecular flexibility index (Phi) is 4.68. The highest BCUT2D eigenvalue weighted by atomic mass is 79.9. The van der Waals surface area contributed by atoms with E-state index in [2.05, 4.69) is 21.2 Å². The lowest BCUT2D eigenvalue weighted by Gasteiger charge is -2.08. The molecule has 1 aromatic heterocycles. The predicted molar refractivity (Wildman–Crippen MR) is 86.7 cm³/mol. The molecule has 6 heteroatoms. The molecule has 3 nitrogen and oxygen atoms in total. The van der Waals surface area contributed by atoms with Crippen molar-refractivity contribution in [3.05, 3.63) is 50.6 Å². The highest BCUT2D eigenvalue weighted by Crippen LogP contribution is 2.24. The third-order valence-electron chi connectivity index (χ3n) is 2.44. The first-order valence-corrected chi connectivity index (χ1v) is 7.56. The molecular formula is C13H11BrN2OS2. The highest BCUT2D eigenvalue weighted by molar-refractivity contribution is 9.10. The van der Waals surface area contributed by atoms with Gasteiger partial charge in [-0.05, 0) is 45.6 Å². The van der Waals surface area contributed by atoms with Gasteiger partial charge in [-0.15, -0.1) is 11.3 Å². The molecule has 0 aliphatic rings. The van der Waals surface area contributed by atoms with Crippen LogP contribution >= 0.6 is 39.5 Å². The Labute approximate surface area is 129 Å². The summed E-state index contributed by atoms with van der Waals surface area (Å²) >= 11 is 9.86. The Morgan fingerprint density at radius 2 is 2.21 bits per heavy atom. The number of carbonyl (C=O) groups is 1. The van der Waals surface area contributed by atoms with Crippen molar-refractivity contribution in [1.82, 2.24) is 0 Å². The topological polar surface area (TPSA) is 55.1 Å². The van der Waals surface area contributed by atoms with E-state index in [0.717, 1.165) is 14.9 Å². The van der Waals surface area contributed by atoms with Crippen molar-refractivity contribution < 1.29 is 4.79 Å². The van der Waals surface area contributed by atoms with E-state index in [0.29, 0.717) is 17.1 Å². The minimum absolute atomic E-state index is 0.0498. The molecule has 2 rings (SSSR count). The highest BCUT2D eigenvalue weighted by Gasteiger charge is 2.08. The molecule has 0 atom stereocenters. The Bertz CT molecular complexity index is 611. The van der Waals surface area contributed by atoms with Gasteiger partial charge in [-0.2, -0.15) is 0 Å². The number of hydrogen-bond donors (Lipinski definition) is 2. The molecule has 2 aromatic rings. The lowest BCUT2D eigenvalue weighted by atomic mass is 10.2. The summed E-state index contributed by atoms with van der Waals surface area (Å²) in [6.45, 7) is 0. The first-order valence-electron chi connectivity index (χ1n) is 5.48. The summed E-state index contributed by atoms with van der Waals surface area (Å²) in [5.74, 6) is -0.0498. The number of nitrogens with two attached hydrogens (primary N) is 1. The van der Waals surface area contributed by atoms with Crippen LogP contribution in [0.2, 0.25) is 0 Å². The summed E-state index contributed by atoms with van der Waals surface area (Å²) in [6.07, 6.45) is 0.376. The molecule has 0 saturated heterocycles. The second-order valence-corrected chi connectivity index (χ2v) is 6.19. The van der Waals surface area contributed by atoms with E-state index >= 15 is 0 Å². The molecule has 1 heterocycles. The number of hydrogen-bond acceptors (Lipinski definition) is 3. The van der Waals surface area contributed by atoms with Crippen molar-refractivity contribution in [2.75, 3.05) is 5.32 Å². The van der Waals surface area contributed by atoms with Gasteiger partial charge in [0.25, 0.3) is 0 Å². The Balaban J connectivity index is 2.07. The van der Waals surface area contributed by atoms with Crippen LogP contribution in [0, 0.1) is 0 Å². The minimum Gasteiger partial charge on any atom is -0.389 e. The van der Waals surface area contributed by atoms with Gasteiger partial charge in [-0.3, -0.25) is 4.79 Å². The Morgan fingerprint density at radius 1 is 1.42 bits per heavy atom. The Morgan fingerprint density at radius 3 is 2.79 bits per heavy atom. The van der Waals surface area contributed by atoms with Crippen LogP contribution in [0.15, 0.2) is 40.2 Å². The van der Waals surface area contributed by atoms with E-state index in [9.17, 15) is 4.79 Å². The molecule has 0 unspecified atom stereocenters. The number of anilines is 1. The van der Waals surface area contributed by atoms with E-state index in [1.807, 2.05) is 17.5 Å². The first-order chi connectivity index (χ1) is 9.06. The van der Waals surface area contributed by atoms with Crippen molar-refractivity contribution in [1.29, 1.82) is 0 Å². The number of thiocarbonyl (C=S) groups is 1. The third-order valence-corrected chi connectivity index (χ3v) is 4.21. The molecule has 0 aliphatic heterocycles. The lowest BCUT2D eigenvalue weighted by Crippen LogP contribution is -2.15. The summed E-state index contributed by atoms with van der Waals surface area (Å²) in [7, 11) is 0. The van der Waals surface area contributed by atoms with Gasteiger partial charge in [0.15, 0.2) is 0 Å². The summed E-state index contributed by atoms with van der Waals surface area (Å²) in [5, 5.41) is 4.81. The van der Waals surface area contributed by atoms with Gasteiger partial charge in [-0.25, -0.2) is 0 Å². The summed E-state index contributed by atoms with van der Waals surface area (Å²) in [6, 6.07) is 9.23. The van der Waals surface area contributed by atoms with Crippen molar-refractivity contribution in [2.24, 2.45) is 5.73 Å². The van der Waals surface area contributed by atoms with Crippen LogP contribution in [-0.4, -0.2) is 10.9 Å². The summed E-state index contributed by atoms with van der Waals surface area (Å²) in [4.78, 5) is 13.2. The van der Waals surface area contributed by atoms with Crippen LogP contribution in [0.5, 0.6) is 0 Å². The number of nitrogens with one attached hydrogen (secondary N) is 1. The maximum absolute atomic E-state index is 11.9. The molecule has 1 aromatic carbocycles. The second-order valence-electron chi connectivity index (χ2n) is 3.86. The average Bonchev–Trinajstić information content (AvgIpc) is 2.84. The van der Waals surface area contributed by atoms with Gasteiger partial charge < -0.3 is 11.1 Å². The fourth-order valence-corrected chi connectivity index (χ4v) is 2.84. The van der Waals surface area contributed by atoms with E-state index in [-0.39, 0.29) is 5.91 Å². The summed E-state index contributed by atoms with van der Waals surface area (Å²) < 4.78 is 0.761. The Hall–Kier alpha value is -1.24. The monoisotopic (exact) mass is 354 g/mol. The first kappa shape index (κ1) is 14.2. The molecule has 0 fully saturated rings. The quantitative estimate of drug-likeness (QED) is 0.828. The second kappa shape index (κ2) is 6.27. The minimum atomic E-state index is -0.0498. The van der Waals surface area contributed by atoms with Crippen LogP contribution < -0.4 is 11.1 Å². The van der Waals surface area contributed by atoms with E-state index in [4.69, 9.17) is 18.0 Å². The normalized spacial score (nSPS) is 10.2. The van der Waals surface area contributed by atoms with Crippen molar-refractivity contribution in [3.8, 4) is 0 Å². The zero-order valence-electron chi connectivity index (χ0n) is 9.85. The maximum Gasteiger partial charge on any atom is 0.229 e. The van der Waals surface area contributed by atoms with Crippen LogP contribution in [0.1, 0.15) is 10.4 Å². The molecule has 3 N–H and O–H groups in total. The number of benzene rings is 1. The van der Waals surface area contributed by atoms with Gasteiger partial charge in [0.2, 0.25) is 5.91 Å². The smallest absolute Gasteiger partial charge is 0.229 e. The number of rotatable bonds is 4. The van der Waals surface area contributed by atoms with Gasteiger partial charge in [-0.1, -0.05) is 18.3 Å². The van der Waals surface area contributed by atoms with Gasteiger partial charge in [0.05, 0.1) is 12.1 Å². The van der Waals surface area contributed by atoms with Crippen molar-refractivity contribution in [3.63, 3.8) is 0 Å². The van der Waals surface area contributed by atoms with Crippen LogP contribution in [0.3, 0.4) is 0 Å². The zero-order chi connectivity index (χ0) is 13.8. The van der Waals surface area contributed by atoms with Crippen molar-refractivity contribution >= 4 is 56.1 Å². The fourth-order valence-electron chi connectivity index (χ4n) is 1.54. The number of amides is 1. The molecule has 0 bridgehead atoms. The molecule has 0 radical (unpaired) electrons. The fraction of sp³-hybridized carbons (Fsp3) is 0.0769. The average molecular weight is 355 g/mol. The number of carbonyl (C=O) groups excluding carboxylic acids is 1. The lowest BCUT2D eigenvalue weighted by molar-refractivity contribution is -0.115.